The van der Waals surface area contributed by atoms with Gasteiger partial charge >= 0.3 is 5.97 Å². The molecule has 0 aliphatic heterocycles. The molecule has 25 heavy (non-hydrogen) atoms. The highest BCUT2D eigenvalue weighted by Crippen LogP contribution is 2.20. The molecule has 0 atom stereocenters. The van der Waals surface area contributed by atoms with E-state index < -0.39 is 11.9 Å². The lowest BCUT2D eigenvalue weighted by atomic mass is 10.1. The SMILES string of the molecule is COc1ccccc1CCC(=O)OCC(=O)Nc1cc(Cl)ccc1C. The quantitative estimate of drug-likeness (QED) is 0.762. The Labute approximate surface area is 151 Å². The lowest BCUT2D eigenvalue weighted by Crippen LogP contribution is -2.21. The van der Waals surface area contributed by atoms with Crippen molar-refractivity contribution in [3.8, 4) is 5.75 Å². The van der Waals surface area contributed by atoms with Crippen LogP contribution in [0.15, 0.2) is 42.5 Å². The van der Waals surface area contributed by atoms with Crippen molar-refractivity contribution in [3.63, 3.8) is 0 Å². The molecule has 6 heteroatoms. The molecule has 0 fully saturated rings. The van der Waals surface area contributed by atoms with Gasteiger partial charge in [-0.2, -0.15) is 0 Å². The number of nitrogens with one attached hydrogen (secondary N) is 1. The number of esters is 1. The molecule has 0 saturated heterocycles. The van der Waals surface area contributed by atoms with Gasteiger partial charge in [-0.15, -0.1) is 0 Å². The second kappa shape index (κ2) is 9.08. The van der Waals surface area contributed by atoms with Crippen LogP contribution < -0.4 is 10.1 Å². The summed E-state index contributed by atoms with van der Waals surface area (Å²) in [7, 11) is 1.58. The van der Waals surface area contributed by atoms with E-state index in [0.717, 1.165) is 16.9 Å². The van der Waals surface area contributed by atoms with Crippen LogP contribution in [0.2, 0.25) is 5.02 Å². The van der Waals surface area contributed by atoms with Gasteiger partial charge in [0.25, 0.3) is 5.91 Å². The van der Waals surface area contributed by atoms with Crippen molar-refractivity contribution in [1.29, 1.82) is 0 Å². The number of para-hydroxylation sites is 1. The Morgan fingerprint density at radius 1 is 1.16 bits per heavy atom. The fraction of sp³-hybridized carbons (Fsp3) is 0.263. The highest BCUT2D eigenvalue weighted by Gasteiger charge is 2.11. The summed E-state index contributed by atoms with van der Waals surface area (Å²) in [5, 5.41) is 3.20. The van der Waals surface area contributed by atoms with Gasteiger partial charge in [-0.25, -0.2) is 0 Å². The minimum Gasteiger partial charge on any atom is -0.496 e. The minimum absolute atomic E-state index is 0.170. The fourth-order valence-corrected chi connectivity index (χ4v) is 2.45. The van der Waals surface area contributed by atoms with Crippen LogP contribution in [0.25, 0.3) is 0 Å². The third-order valence-electron chi connectivity index (χ3n) is 3.63. The van der Waals surface area contributed by atoms with Gasteiger partial charge in [0.2, 0.25) is 0 Å². The number of methoxy groups -OCH3 is 1. The summed E-state index contributed by atoms with van der Waals surface area (Å²) in [6.45, 7) is 1.52. The number of ether oxygens (including phenoxy) is 2. The zero-order valence-corrected chi connectivity index (χ0v) is 14.9. The molecular formula is C19H20ClNO4. The number of amides is 1. The topological polar surface area (TPSA) is 64.6 Å². The Balaban J connectivity index is 1.79. The highest BCUT2D eigenvalue weighted by molar-refractivity contribution is 6.31. The maximum absolute atomic E-state index is 11.9. The summed E-state index contributed by atoms with van der Waals surface area (Å²) in [5.41, 5.74) is 2.39. The van der Waals surface area contributed by atoms with Crippen molar-refractivity contribution in [2.75, 3.05) is 19.0 Å². The number of aryl methyl sites for hydroxylation is 2. The predicted octanol–water partition coefficient (Wildman–Crippen LogP) is 3.77. The summed E-state index contributed by atoms with van der Waals surface area (Å²) in [6.07, 6.45) is 0.654. The first kappa shape index (κ1) is 18.8. The molecule has 0 saturated carbocycles. The van der Waals surface area contributed by atoms with Crippen molar-refractivity contribution >= 4 is 29.2 Å². The molecule has 2 aromatic rings. The molecule has 0 aliphatic rings. The molecule has 5 nitrogen and oxygen atoms in total. The average molecular weight is 362 g/mol. The monoisotopic (exact) mass is 361 g/mol. The minimum atomic E-state index is -0.441. The smallest absolute Gasteiger partial charge is 0.306 e. The Morgan fingerprint density at radius 3 is 2.68 bits per heavy atom. The standard InChI is InChI=1S/C19H20ClNO4/c1-13-7-9-15(20)11-16(13)21-18(22)12-25-19(23)10-8-14-5-3-4-6-17(14)24-2/h3-7,9,11H,8,10,12H2,1-2H3,(H,21,22). The summed E-state index contributed by atoms with van der Waals surface area (Å²) in [4.78, 5) is 23.7. The molecule has 0 spiro atoms. The lowest BCUT2D eigenvalue weighted by Gasteiger charge is -2.10. The van der Waals surface area contributed by atoms with Crippen molar-refractivity contribution in [2.24, 2.45) is 0 Å². The number of hydrogen-bond acceptors (Lipinski definition) is 4. The summed E-state index contributed by atoms with van der Waals surface area (Å²) in [5.74, 6) is -0.121. The first-order chi connectivity index (χ1) is 12.0. The Hall–Kier alpha value is -2.53. The number of benzene rings is 2. The van der Waals surface area contributed by atoms with Crippen LogP contribution >= 0.6 is 11.6 Å². The van der Waals surface area contributed by atoms with Crippen molar-refractivity contribution < 1.29 is 19.1 Å². The van der Waals surface area contributed by atoms with E-state index in [-0.39, 0.29) is 13.0 Å². The normalized spacial score (nSPS) is 10.2. The van der Waals surface area contributed by atoms with E-state index in [4.69, 9.17) is 21.1 Å². The van der Waals surface area contributed by atoms with Crippen molar-refractivity contribution in [3.05, 3.63) is 58.6 Å². The molecule has 2 rings (SSSR count). The third kappa shape index (κ3) is 5.80. The Bertz CT molecular complexity index is 761. The maximum atomic E-state index is 11.9. The Kier molecular flexibility index (Phi) is 6.83. The molecule has 0 aromatic heterocycles. The van der Waals surface area contributed by atoms with Gasteiger partial charge in [-0.3, -0.25) is 9.59 Å². The molecule has 0 unspecified atom stereocenters. The number of halogens is 1. The maximum Gasteiger partial charge on any atom is 0.306 e. The summed E-state index contributed by atoms with van der Waals surface area (Å²) >= 11 is 5.91. The Morgan fingerprint density at radius 2 is 1.92 bits per heavy atom. The molecule has 1 amide bonds. The first-order valence-electron chi connectivity index (χ1n) is 7.83. The van der Waals surface area contributed by atoms with Crippen LogP contribution in [0, 0.1) is 6.92 Å². The molecule has 0 aliphatic carbocycles. The van der Waals surface area contributed by atoms with Gasteiger partial charge in [0.1, 0.15) is 5.75 Å². The molecule has 1 N–H and O–H groups in total. The van der Waals surface area contributed by atoms with Gasteiger partial charge in [-0.1, -0.05) is 35.9 Å². The van der Waals surface area contributed by atoms with Gasteiger partial charge in [0.15, 0.2) is 6.61 Å². The van der Waals surface area contributed by atoms with Gasteiger partial charge in [0.05, 0.1) is 7.11 Å². The van der Waals surface area contributed by atoms with Crippen LogP contribution in [-0.2, 0) is 20.7 Å². The van der Waals surface area contributed by atoms with E-state index in [1.807, 2.05) is 31.2 Å². The van der Waals surface area contributed by atoms with E-state index in [1.165, 1.54) is 0 Å². The van der Waals surface area contributed by atoms with Crippen LogP contribution in [0.1, 0.15) is 17.5 Å². The van der Waals surface area contributed by atoms with E-state index in [9.17, 15) is 9.59 Å². The zero-order chi connectivity index (χ0) is 18.2. The van der Waals surface area contributed by atoms with E-state index in [1.54, 1.807) is 25.3 Å². The van der Waals surface area contributed by atoms with Crippen LogP contribution in [-0.4, -0.2) is 25.6 Å². The molecule has 0 bridgehead atoms. The zero-order valence-electron chi connectivity index (χ0n) is 14.2. The molecule has 132 valence electrons. The van der Waals surface area contributed by atoms with Crippen LogP contribution in [0.5, 0.6) is 5.75 Å². The van der Waals surface area contributed by atoms with Gasteiger partial charge in [-0.05, 0) is 42.7 Å². The molecule has 0 radical (unpaired) electrons. The number of rotatable bonds is 7. The lowest BCUT2D eigenvalue weighted by molar-refractivity contribution is -0.147. The average Bonchev–Trinajstić information content (AvgIpc) is 2.61. The van der Waals surface area contributed by atoms with Crippen molar-refractivity contribution in [2.45, 2.75) is 19.8 Å². The largest absolute Gasteiger partial charge is 0.496 e. The predicted molar refractivity (Wildman–Crippen MR) is 97.1 cm³/mol. The van der Waals surface area contributed by atoms with Crippen LogP contribution in [0.4, 0.5) is 5.69 Å². The highest BCUT2D eigenvalue weighted by atomic mass is 35.5. The number of carbonyl (C=O) groups excluding carboxylic acids is 2. The van der Waals surface area contributed by atoms with E-state index in [0.29, 0.717) is 17.1 Å². The van der Waals surface area contributed by atoms with Gasteiger partial charge in [0, 0.05) is 17.1 Å². The van der Waals surface area contributed by atoms with Crippen molar-refractivity contribution in [1.82, 2.24) is 0 Å². The molecule has 0 heterocycles. The van der Waals surface area contributed by atoms with E-state index >= 15 is 0 Å². The number of anilines is 1. The first-order valence-corrected chi connectivity index (χ1v) is 8.21. The molecular weight excluding hydrogens is 342 g/mol. The summed E-state index contributed by atoms with van der Waals surface area (Å²) in [6, 6.07) is 12.7. The van der Waals surface area contributed by atoms with Gasteiger partial charge < -0.3 is 14.8 Å². The molecule has 2 aromatic carbocycles. The van der Waals surface area contributed by atoms with E-state index in [2.05, 4.69) is 5.32 Å². The fourth-order valence-electron chi connectivity index (χ4n) is 2.28. The van der Waals surface area contributed by atoms with Crippen LogP contribution in [0.3, 0.4) is 0 Å². The number of hydrogen-bond donors (Lipinski definition) is 1. The second-order valence-electron chi connectivity index (χ2n) is 5.48. The number of carbonyl (C=O) groups is 2. The third-order valence-corrected chi connectivity index (χ3v) is 3.86. The second-order valence-corrected chi connectivity index (χ2v) is 5.92. The summed E-state index contributed by atoms with van der Waals surface area (Å²) < 4.78 is 10.3.